The van der Waals surface area contributed by atoms with Gasteiger partial charge in [0.2, 0.25) is 0 Å². The van der Waals surface area contributed by atoms with E-state index in [0.29, 0.717) is 12.2 Å². The largest absolute Gasteiger partial charge is 0.462 e. The Labute approximate surface area is 81.8 Å². The first-order chi connectivity index (χ1) is 6.20. The first kappa shape index (κ1) is 9.99. The average Bonchev–Trinajstić information content (AvgIpc) is 2.56. The van der Waals surface area contributed by atoms with Gasteiger partial charge in [-0.15, -0.1) is 0 Å². The average molecular weight is 196 g/mol. The summed E-state index contributed by atoms with van der Waals surface area (Å²) in [5, 5.41) is 4.06. The molecule has 1 aromatic rings. The number of hydrogen-bond donors (Lipinski definition) is 0. The van der Waals surface area contributed by atoms with E-state index in [-0.39, 0.29) is 5.97 Å². The lowest BCUT2D eigenvalue weighted by Gasteiger charge is -2.02. The standard InChI is InChI=1S/C10H12O2S/c1-8(2)10(11)12-5-3-9-4-6-13-7-9/h4,6-7H,1,3,5H2,2H3. The third-order valence-electron chi connectivity index (χ3n) is 1.55. The molecule has 0 spiro atoms. The van der Waals surface area contributed by atoms with Crippen LogP contribution in [0.3, 0.4) is 0 Å². The van der Waals surface area contributed by atoms with E-state index in [1.54, 1.807) is 18.3 Å². The predicted molar refractivity (Wildman–Crippen MR) is 53.8 cm³/mol. The fourth-order valence-corrected chi connectivity index (χ4v) is 1.52. The number of esters is 1. The lowest BCUT2D eigenvalue weighted by Crippen LogP contribution is -2.07. The summed E-state index contributed by atoms with van der Waals surface area (Å²) in [6.45, 7) is 5.58. The van der Waals surface area contributed by atoms with Gasteiger partial charge in [-0.1, -0.05) is 6.58 Å². The van der Waals surface area contributed by atoms with Crippen molar-refractivity contribution in [3.05, 3.63) is 34.5 Å². The van der Waals surface area contributed by atoms with Crippen LogP contribution in [0, 0.1) is 0 Å². The Hall–Kier alpha value is -1.09. The molecule has 0 saturated carbocycles. The van der Waals surface area contributed by atoms with Crippen LogP contribution in [0.25, 0.3) is 0 Å². The zero-order valence-corrected chi connectivity index (χ0v) is 8.39. The molecule has 0 saturated heterocycles. The molecule has 0 N–H and O–H groups in total. The van der Waals surface area contributed by atoms with E-state index in [2.05, 4.69) is 12.0 Å². The number of ether oxygens (including phenoxy) is 1. The van der Waals surface area contributed by atoms with Gasteiger partial charge in [0.15, 0.2) is 0 Å². The molecule has 2 nitrogen and oxygen atoms in total. The fraction of sp³-hybridized carbons (Fsp3) is 0.300. The smallest absolute Gasteiger partial charge is 0.333 e. The number of carbonyl (C=O) groups excluding carboxylic acids is 1. The summed E-state index contributed by atoms with van der Waals surface area (Å²) in [6, 6.07) is 2.03. The van der Waals surface area contributed by atoms with Crippen LogP contribution in [-0.4, -0.2) is 12.6 Å². The second-order valence-corrected chi connectivity index (χ2v) is 3.58. The van der Waals surface area contributed by atoms with Gasteiger partial charge in [0.1, 0.15) is 0 Å². The molecule has 0 fully saturated rings. The second-order valence-electron chi connectivity index (χ2n) is 2.80. The molecular formula is C10H12O2S. The summed E-state index contributed by atoms with van der Waals surface area (Å²) in [5.41, 5.74) is 1.66. The Kier molecular flexibility index (Phi) is 3.71. The van der Waals surface area contributed by atoms with Crippen molar-refractivity contribution >= 4 is 17.3 Å². The Morgan fingerprint density at radius 1 is 1.69 bits per heavy atom. The molecule has 0 radical (unpaired) electrons. The number of thiophene rings is 1. The molecule has 0 aromatic carbocycles. The van der Waals surface area contributed by atoms with Crippen LogP contribution in [0.15, 0.2) is 29.0 Å². The second kappa shape index (κ2) is 4.82. The first-order valence-electron chi connectivity index (χ1n) is 4.04. The van der Waals surface area contributed by atoms with Crippen LogP contribution in [0.4, 0.5) is 0 Å². The van der Waals surface area contributed by atoms with E-state index in [1.165, 1.54) is 5.56 Å². The Balaban J connectivity index is 2.22. The van der Waals surface area contributed by atoms with Crippen molar-refractivity contribution in [2.24, 2.45) is 0 Å². The molecule has 0 atom stereocenters. The van der Waals surface area contributed by atoms with Crippen molar-refractivity contribution in [1.29, 1.82) is 0 Å². The highest BCUT2D eigenvalue weighted by Gasteiger charge is 2.02. The SMILES string of the molecule is C=C(C)C(=O)OCCc1ccsc1. The van der Waals surface area contributed by atoms with E-state index in [4.69, 9.17) is 4.74 Å². The molecular weight excluding hydrogens is 184 g/mol. The quantitative estimate of drug-likeness (QED) is 0.546. The minimum absolute atomic E-state index is 0.310. The number of hydrogen-bond acceptors (Lipinski definition) is 3. The Bertz CT molecular complexity index is 288. The fourth-order valence-electron chi connectivity index (χ4n) is 0.820. The van der Waals surface area contributed by atoms with Gasteiger partial charge in [-0.3, -0.25) is 0 Å². The highest BCUT2D eigenvalue weighted by atomic mass is 32.1. The summed E-state index contributed by atoms with van der Waals surface area (Å²) in [4.78, 5) is 11.0. The van der Waals surface area contributed by atoms with Gasteiger partial charge in [0.25, 0.3) is 0 Å². The third kappa shape index (κ3) is 3.42. The highest BCUT2D eigenvalue weighted by molar-refractivity contribution is 7.07. The van der Waals surface area contributed by atoms with E-state index >= 15 is 0 Å². The number of carbonyl (C=O) groups is 1. The summed E-state index contributed by atoms with van der Waals surface area (Å²) >= 11 is 1.65. The van der Waals surface area contributed by atoms with Gasteiger partial charge in [-0.25, -0.2) is 4.79 Å². The van der Waals surface area contributed by atoms with Crippen molar-refractivity contribution in [2.75, 3.05) is 6.61 Å². The lowest BCUT2D eigenvalue weighted by atomic mass is 10.2. The maximum Gasteiger partial charge on any atom is 0.333 e. The topological polar surface area (TPSA) is 26.3 Å². The molecule has 0 aliphatic heterocycles. The minimum atomic E-state index is -0.310. The maximum absolute atomic E-state index is 11.0. The van der Waals surface area contributed by atoms with Crippen LogP contribution < -0.4 is 0 Å². The minimum Gasteiger partial charge on any atom is -0.462 e. The Morgan fingerprint density at radius 3 is 3.00 bits per heavy atom. The molecule has 0 amide bonds. The molecule has 1 rings (SSSR count). The van der Waals surface area contributed by atoms with Gasteiger partial charge >= 0.3 is 5.97 Å². The zero-order valence-electron chi connectivity index (χ0n) is 7.58. The van der Waals surface area contributed by atoms with Crippen LogP contribution in [0.2, 0.25) is 0 Å². The van der Waals surface area contributed by atoms with Crippen molar-refractivity contribution in [2.45, 2.75) is 13.3 Å². The molecule has 1 aromatic heterocycles. The van der Waals surface area contributed by atoms with Crippen molar-refractivity contribution < 1.29 is 9.53 Å². The molecule has 0 unspecified atom stereocenters. The summed E-state index contributed by atoms with van der Waals surface area (Å²) < 4.78 is 4.94. The lowest BCUT2D eigenvalue weighted by molar-refractivity contribution is -0.138. The van der Waals surface area contributed by atoms with Crippen LogP contribution >= 0.6 is 11.3 Å². The molecule has 0 aliphatic carbocycles. The van der Waals surface area contributed by atoms with E-state index < -0.39 is 0 Å². The molecule has 0 aliphatic rings. The molecule has 3 heteroatoms. The zero-order chi connectivity index (χ0) is 9.68. The maximum atomic E-state index is 11.0. The normalized spacial score (nSPS) is 9.62. The number of rotatable bonds is 4. The van der Waals surface area contributed by atoms with Gasteiger partial charge < -0.3 is 4.74 Å². The molecule has 70 valence electrons. The molecule has 1 heterocycles. The Morgan fingerprint density at radius 2 is 2.46 bits per heavy atom. The van der Waals surface area contributed by atoms with E-state index in [0.717, 1.165) is 6.42 Å². The van der Waals surface area contributed by atoms with Crippen molar-refractivity contribution in [3.8, 4) is 0 Å². The summed E-state index contributed by atoms with van der Waals surface area (Å²) in [7, 11) is 0. The summed E-state index contributed by atoms with van der Waals surface area (Å²) in [5.74, 6) is -0.310. The van der Waals surface area contributed by atoms with Gasteiger partial charge in [0.05, 0.1) is 6.61 Å². The highest BCUT2D eigenvalue weighted by Crippen LogP contribution is 2.06. The van der Waals surface area contributed by atoms with E-state index in [1.807, 2.05) is 11.4 Å². The van der Waals surface area contributed by atoms with Crippen molar-refractivity contribution in [3.63, 3.8) is 0 Å². The van der Waals surface area contributed by atoms with Gasteiger partial charge in [-0.2, -0.15) is 11.3 Å². The molecule has 0 bridgehead atoms. The summed E-state index contributed by atoms with van der Waals surface area (Å²) in [6.07, 6.45) is 0.780. The predicted octanol–water partition coefficient (Wildman–Crippen LogP) is 2.41. The van der Waals surface area contributed by atoms with Crippen LogP contribution in [0.5, 0.6) is 0 Å². The molecule has 13 heavy (non-hydrogen) atoms. The van der Waals surface area contributed by atoms with Crippen molar-refractivity contribution in [1.82, 2.24) is 0 Å². The van der Waals surface area contributed by atoms with Gasteiger partial charge in [0, 0.05) is 12.0 Å². The van der Waals surface area contributed by atoms with E-state index in [9.17, 15) is 4.79 Å². The first-order valence-corrected chi connectivity index (χ1v) is 4.98. The van der Waals surface area contributed by atoms with Crippen LogP contribution in [-0.2, 0) is 16.0 Å². The van der Waals surface area contributed by atoms with Gasteiger partial charge in [-0.05, 0) is 29.3 Å². The monoisotopic (exact) mass is 196 g/mol. The third-order valence-corrected chi connectivity index (χ3v) is 2.28. The van der Waals surface area contributed by atoms with Crippen LogP contribution in [0.1, 0.15) is 12.5 Å².